The van der Waals surface area contributed by atoms with E-state index in [2.05, 4.69) is 30.6 Å². The van der Waals surface area contributed by atoms with Crippen molar-refractivity contribution >= 4 is 11.3 Å². The third-order valence-corrected chi connectivity index (χ3v) is 3.00. The van der Waals surface area contributed by atoms with Crippen LogP contribution in [-0.4, -0.2) is 17.8 Å². The number of aliphatic hydroxyl groups is 1. The molecule has 1 unspecified atom stereocenters. The SMILES string of the molecule is CC(C)C(CO)NCc1cccs1. The molecular formula is C10H17NOS. The Bertz CT molecular complexity index is 221. The molecule has 0 amide bonds. The van der Waals surface area contributed by atoms with Gasteiger partial charge in [0.1, 0.15) is 0 Å². The summed E-state index contributed by atoms with van der Waals surface area (Å²) in [4.78, 5) is 1.32. The Morgan fingerprint density at radius 3 is 2.77 bits per heavy atom. The van der Waals surface area contributed by atoms with Gasteiger partial charge < -0.3 is 10.4 Å². The molecular weight excluding hydrogens is 182 g/mol. The second-order valence-corrected chi connectivity index (χ2v) is 4.53. The van der Waals surface area contributed by atoms with Gasteiger partial charge in [-0.15, -0.1) is 11.3 Å². The van der Waals surface area contributed by atoms with E-state index in [-0.39, 0.29) is 12.6 Å². The molecule has 0 saturated carbocycles. The Labute approximate surface area is 83.6 Å². The molecule has 1 aromatic heterocycles. The van der Waals surface area contributed by atoms with Crippen molar-refractivity contribution in [3.63, 3.8) is 0 Å². The molecule has 3 heteroatoms. The predicted molar refractivity (Wildman–Crippen MR) is 56.9 cm³/mol. The lowest BCUT2D eigenvalue weighted by atomic mass is 10.1. The Morgan fingerprint density at radius 2 is 2.31 bits per heavy atom. The monoisotopic (exact) mass is 199 g/mol. The van der Waals surface area contributed by atoms with Crippen molar-refractivity contribution in [2.75, 3.05) is 6.61 Å². The van der Waals surface area contributed by atoms with Crippen molar-refractivity contribution in [2.24, 2.45) is 5.92 Å². The fourth-order valence-corrected chi connectivity index (χ4v) is 1.81. The van der Waals surface area contributed by atoms with Crippen LogP contribution in [0.5, 0.6) is 0 Å². The van der Waals surface area contributed by atoms with Gasteiger partial charge in [0.2, 0.25) is 0 Å². The van der Waals surface area contributed by atoms with E-state index in [9.17, 15) is 0 Å². The molecule has 0 aromatic carbocycles. The quantitative estimate of drug-likeness (QED) is 0.758. The van der Waals surface area contributed by atoms with E-state index < -0.39 is 0 Å². The predicted octanol–water partition coefficient (Wildman–Crippen LogP) is 1.85. The fourth-order valence-electron chi connectivity index (χ4n) is 1.16. The fraction of sp³-hybridized carbons (Fsp3) is 0.600. The lowest BCUT2D eigenvalue weighted by molar-refractivity contribution is 0.210. The molecule has 0 aliphatic heterocycles. The summed E-state index contributed by atoms with van der Waals surface area (Å²) >= 11 is 1.74. The van der Waals surface area contributed by atoms with Crippen molar-refractivity contribution in [1.29, 1.82) is 0 Å². The zero-order valence-electron chi connectivity index (χ0n) is 8.16. The summed E-state index contributed by atoms with van der Waals surface area (Å²) in [6.45, 7) is 5.30. The van der Waals surface area contributed by atoms with E-state index in [1.807, 2.05) is 6.07 Å². The van der Waals surface area contributed by atoms with E-state index in [1.165, 1.54) is 4.88 Å². The first kappa shape index (κ1) is 10.7. The molecule has 2 N–H and O–H groups in total. The molecule has 1 aromatic rings. The summed E-state index contributed by atoms with van der Waals surface area (Å²) in [5.41, 5.74) is 0. The maximum atomic E-state index is 9.07. The molecule has 0 saturated heterocycles. The summed E-state index contributed by atoms with van der Waals surface area (Å²) in [7, 11) is 0. The molecule has 2 nitrogen and oxygen atoms in total. The zero-order valence-corrected chi connectivity index (χ0v) is 8.97. The molecule has 0 radical (unpaired) electrons. The van der Waals surface area contributed by atoms with Crippen LogP contribution in [-0.2, 0) is 6.54 Å². The van der Waals surface area contributed by atoms with Crippen LogP contribution >= 0.6 is 11.3 Å². The van der Waals surface area contributed by atoms with Crippen LogP contribution in [0.1, 0.15) is 18.7 Å². The van der Waals surface area contributed by atoms with E-state index >= 15 is 0 Å². The highest BCUT2D eigenvalue weighted by Gasteiger charge is 2.10. The Balaban J connectivity index is 2.32. The molecule has 13 heavy (non-hydrogen) atoms. The minimum Gasteiger partial charge on any atom is -0.395 e. The average Bonchev–Trinajstić information content (AvgIpc) is 2.57. The van der Waals surface area contributed by atoms with Gasteiger partial charge in [-0.05, 0) is 17.4 Å². The van der Waals surface area contributed by atoms with Gasteiger partial charge in [-0.25, -0.2) is 0 Å². The number of hydrogen-bond acceptors (Lipinski definition) is 3. The highest BCUT2D eigenvalue weighted by molar-refractivity contribution is 7.09. The lowest BCUT2D eigenvalue weighted by Gasteiger charge is -2.19. The first-order valence-electron chi connectivity index (χ1n) is 4.60. The van der Waals surface area contributed by atoms with Crippen LogP contribution in [0.15, 0.2) is 17.5 Å². The number of nitrogens with one attached hydrogen (secondary N) is 1. The van der Waals surface area contributed by atoms with Crippen LogP contribution in [0.3, 0.4) is 0 Å². The highest BCUT2D eigenvalue weighted by Crippen LogP contribution is 2.09. The summed E-state index contributed by atoms with van der Waals surface area (Å²) in [6.07, 6.45) is 0. The third-order valence-electron chi connectivity index (χ3n) is 2.12. The van der Waals surface area contributed by atoms with E-state index in [0.29, 0.717) is 5.92 Å². The summed E-state index contributed by atoms with van der Waals surface area (Å²) in [6, 6.07) is 4.36. The van der Waals surface area contributed by atoms with Crippen LogP contribution in [0, 0.1) is 5.92 Å². The number of thiophene rings is 1. The van der Waals surface area contributed by atoms with Crippen LogP contribution in [0.2, 0.25) is 0 Å². The first-order chi connectivity index (χ1) is 6.24. The molecule has 0 bridgehead atoms. The van der Waals surface area contributed by atoms with Crippen molar-refractivity contribution < 1.29 is 5.11 Å². The summed E-state index contributed by atoms with van der Waals surface area (Å²) in [5.74, 6) is 0.477. The van der Waals surface area contributed by atoms with Gasteiger partial charge in [-0.2, -0.15) is 0 Å². The standard InChI is InChI=1S/C10H17NOS/c1-8(2)10(7-12)11-6-9-4-3-5-13-9/h3-5,8,10-12H,6-7H2,1-2H3. The van der Waals surface area contributed by atoms with E-state index in [1.54, 1.807) is 11.3 Å². The van der Waals surface area contributed by atoms with Crippen molar-refractivity contribution in [1.82, 2.24) is 5.32 Å². The second kappa shape index (κ2) is 5.37. The normalized spacial score (nSPS) is 13.5. The van der Waals surface area contributed by atoms with Gasteiger partial charge in [0, 0.05) is 17.5 Å². The first-order valence-corrected chi connectivity index (χ1v) is 5.48. The van der Waals surface area contributed by atoms with Crippen molar-refractivity contribution in [3.05, 3.63) is 22.4 Å². The lowest BCUT2D eigenvalue weighted by Crippen LogP contribution is -2.36. The molecule has 1 rings (SSSR count). The molecule has 0 aliphatic rings. The Morgan fingerprint density at radius 1 is 1.54 bits per heavy atom. The van der Waals surface area contributed by atoms with Gasteiger partial charge in [-0.1, -0.05) is 19.9 Å². The zero-order chi connectivity index (χ0) is 9.68. The number of rotatable bonds is 5. The maximum Gasteiger partial charge on any atom is 0.0587 e. The summed E-state index contributed by atoms with van der Waals surface area (Å²) < 4.78 is 0. The van der Waals surface area contributed by atoms with Crippen LogP contribution in [0.4, 0.5) is 0 Å². The largest absolute Gasteiger partial charge is 0.395 e. The summed E-state index contributed by atoms with van der Waals surface area (Å²) in [5, 5.41) is 14.5. The molecule has 0 fully saturated rings. The number of hydrogen-bond donors (Lipinski definition) is 2. The smallest absolute Gasteiger partial charge is 0.0587 e. The van der Waals surface area contributed by atoms with Gasteiger partial charge in [0.25, 0.3) is 0 Å². The van der Waals surface area contributed by atoms with Crippen LogP contribution in [0.25, 0.3) is 0 Å². The second-order valence-electron chi connectivity index (χ2n) is 3.49. The molecule has 0 aliphatic carbocycles. The number of aliphatic hydroxyl groups excluding tert-OH is 1. The van der Waals surface area contributed by atoms with E-state index in [4.69, 9.17) is 5.11 Å². The molecule has 0 spiro atoms. The average molecular weight is 199 g/mol. The van der Waals surface area contributed by atoms with Crippen molar-refractivity contribution in [3.8, 4) is 0 Å². The topological polar surface area (TPSA) is 32.3 Å². The highest BCUT2D eigenvalue weighted by atomic mass is 32.1. The van der Waals surface area contributed by atoms with E-state index in [0.717, 1.165) is 6.54 Å². The molecule has 1 atom stereocenters. The third kappa shape index (κ3) is 3.46. The van der Waals surface area contributed by atoms with Crippen molar-refractivity contribution in [2.45, 2.75) is 26.4 Å². The Kier molecular flexibility index (Phi) is 4.42. The van der Waals surface area contributed by atoms with Gasteiger partial charge in [0.15, 0.2) is 0 Å². The minimum absolute atomic E-state index is 0.210. The minimum atomic E-state index is 0.210. The molecule has 1 heterocycles. The van der Waals surface area contributed by atoms with Crippen LogP contribution < -0.4 is 5.32 Å². The maximum absolute atomic E-state index is 9.07. The Hall–Kier alpha value is -0.380. The molecule has 74 valence electrons. The van der Waals surface area contributed by atoms with Gasteiger partial charge in [0.05, 0.1) is 6.61 Å². The van der Waals surface area contributed by atoms with Gasteiger partial charge in [-0.3, -0.25) is 0 Å². The van der Waals surface area contributed by atoms with Gasteiger partial charge >= 0.3 is 0 Å².